The van der Waals surface area contributed by atoms with Crippen molar-refractivity contribution in [2.45, 2.75) is 12.5 Å². The molecule has 0 bridgehead atoms. The van der Waals surface area contributed by atoms with Crippen LogP contribution < -0.4 is 10.6 Å². The molecule has 5 nitrogen and oxygen atoms in total. The van der Waals surface area contributed by atoms with Crippen molar-refractivity contribution < 1.29 is 9.59 Å². The number of rotatable bonds is 4. The number of benzene rings is 1. The molecule has 0 saturated carbocycles. The van der Waals surface area contributed by atoms with Gasteiger partial charge in [-0.25, -0.2) is 0 Å². The predicted octanol–water partition coefficient (Wildman–Crippen LogP) is 0.890. The van der Waals surface area contributed by atoms with E-state index in [0.717, 1.165) is 19.5 Å². The number of likely N-dealkylation sites (N-methyl/N-ethyl adjacent to an activating group) is 1. The standard InChI is InChI=1S/C14H18ClN3O2/c1-16-12-6-7-18(8-12)9-13(19)17-14(20)10-2-4-11(15)5-3-10/h2-5,12,16H,6-9H2,1H3,(H,17,19,20). The lowest BCUT2D eigenvalue weighted by molar-refractivity contribution is -0.121. The summed E-state index contributed by atoms with van der Waals surface area (Å²) in [5.41, 5.74) is 0.428. The van der Waals surface area contributed by atoms with E-state index in [4.69, 9.17) is 11.6 Å². The third kappa shape index (κ3) is 4.03. The van der Waals surface area contributed by atoms with Crippen LogP contribution in [0.1, 0.15) is 16.8 Å². The average Bonchev–Trinajstić information content (AvgIpc) is 2.86. The second kappa shape index (κ2) is 6.83. The zero-order chi connectivity index (χ0) is 14.5. The van der Waals surface area contributed by atoms with Gasteiger partial charge in [-0.1, -0.05) is 11.6 Å². The molecule has 108 valence electrons. The average molecular weight is 296 g/mol. The van der Waals surface area contributed by atoms with E-state index in [1.165, 1.54) is 0 Å². The van der Waals surface area contributed by atoms with E-state index >= 15 is 0 Å². The minimum atomic E-state index is -0.393. The van der Waals surface area contributed by atoms with Gasteiger partial charge in [0.25, 0.3) is 5.91 Å². The monoisotopic (exact) mass is 295 g/mol. The Labute approximate surface area is 123 Å². The number of hydrogen-bond donors (Lipinski definition) is 2. The van der Waals surface area contributed by atoms with Crippen molar-refractivity contribution in [2.24, 2.45) is 0 Å². The van der Waals surface area contributed by atoms with Crippen molar-refractivity contribution >= 4 is 23.4 Å². The van der Waals surface area contributed by atoms with Crippen LogP contribution in [0.15, 0.2) is 24.3 Å². The van der Waals surface area contributed by atoms with Crippen molar-refractivity contribution in [3.8, 4) is 0 Å². The molecule has 2 amide bonds. The van der Waals surface area contributed by atoms with Crippen LogP contribution >= 0.6 is 11.6 Å². The second-order valence-electron chi connectivity index (χ2n) is 4.89. The predicted molar refractivity (Wildman–Crippen MR) is 77.8 cm³/mol. The Bertz CT molecular complexity index is 490. The highest BCUT2D eigenvalue weighted by Crippen LogP contribution is 2.10. The molecule has 1 atom stereocenters. The van der Waals surface area contributed by atoms with Gasteiger partial charge in [-0.2, -0.15) is 0 Å². The largest absolute Gasteiger partial charge is 0.316 e. The van der Waals surface area contributed by atoms with Crippen molar-refractivity contribution in [2.75, 3.05) is 26.7 Å². The van der Waals surface area contributed by atoms with Crippen LogP contribution in [0.5, 0.6) is 0 Å². The molecule has 1 unspecified atom stereocenters. The fraction of sp³-hybridized carbons (Fsp3) is 0.429. The first-order valence-electron chi connectivity index (χ1n) is 6.58. The maximum absolute atomic E-state index is 11.9. The smallest absolute Gasteiger partial charge is 0.257 e. The summed E-state index contributed by atoms with van der Waals surface area (Å²) in [4.78, 5) is 25.7. The molecule has 0 aliphatic carbocycles. The SMILES string of the molecule is CNC1CCN(CC(=O)NC(=O)c2ccc(Cl)cc2)C1. The highest BCUT2D eigenvalue weighted by atomic mass is 35.5. The Morgan fingerprint density at radius 3 is 2.65 bits per heavy atom. The first-order chi connectivity index (χ1) is 9.58. The molecule has 2 rings (SSSR count). The molecule has 1 aromatic carbocycles. The molecule has 6 heteroatoms. The maximum Gasteiger partial charge on any atom is 0.257 e. The Hall–Kier alpha value is -1.43. The normalized spacial score (nSPS) is 19.0. The lowest BCUT2D eigenvalue weighted by Gasteiger charge is -2.15. The third-order valence-corrected chi connectivity index (χ3v) is 3.66. The summed E-state index contributed by atoms with van der Waals surface area (Å²) in [5, 5.41) is 6.14. The van der Waals surface area contributed by atoms with Gasteiger partial charge in [0.1, 0.15) is 0 Å². The van der Waals surface area contributed by atoms with Gasteiger partial charge in [0.2, 0.25) is 5.91 Å². The molecule has 1 fully saturated rings. The van der Waals surface area contributed by atoms with E-state index in [2.05, 4.69) is 10.6 Å². The van der Waals surface area contributed by atoms with E-state index < -0.39 is 5.91 Å². The lowest BCUT2D eigenvalue weighted by Crippen LogP contribution is -2.40. The van der Waals surface area contributed by atoms with Crippen LogP contribution in [0.3, 0.4) is 0 Å². The van der Waals surface area contributed by atoms with Gasteiger partial charge < -0.3 is 5.32 Å². The molecule has 2 N–H and O–H groups in total. The summed E-state index contributed by atoms with van der Waals surface area (Å²) in [6, 6.07) is 6.86. The van der Waals surface area contributed by atoms with Gasteiger partial charge >= 0.3 is 0 Å². The number of carbonyl (C=O) groups is 2. The Balaban J connectivity index is 1.82. The number of hydrogen-bond acceptors (Lipinski definition) is 4. The minimum Gasteiger partial charge on any atom is -0.316 e. The Kier molecular flexibility index (Phi) is 5.11. The fourth-order valence-electron chi connectivity index (χ4n) is 2.25. The molecular weight excluding hydrogens is 278 g/mol. The van der Waals surface area contributed by atoms with E-state index in [9.17, 15) is 9.59 Å². The van der Waals surface area contributed by atoms with Gasteiger partial charge in [0.05, 0.1) is 6.54 Å². The first kappa shape index (κ1) is 15.0. The molecule has 1 aliphatic heterocycles. The van der Waals surface area contributed by atoms with Crippen molar-refractivity contribution in [1.29, 1.82) is 0 Å². The number of nitrogens with one attached hydrogen (secondary N) is 2. The number of nitrogens with zero attached hydrogens (tertiary/aromatic N) is 1. The minimum absolute atomic E-state index is 0.248. The van der Waals surface area contributed by atoms with Gasteiger partial charge in [-0.15, -0.1) is 0 Å². The number of amides is 2. The van der Waals surface area contributed by atoms with E-state index in [1.807, 2.05) is 11.9 Å². The number of imide groups is 1. The van der Waals surface area contributed by atoms with E-state index in [0.29, 0.717) is 16.6 Å². The molecule has 1 aliphatic rings. The molecule has 0 radical (unpaired) electrons. The summed E-state index contributed by atoms with van der Waals surface area (Å²) in [5.74, 6) is -0.669. The van der Waals surface area contributed by atoms with Gasteiger partial charge in [-0.3, -0.25) is 19.8 Å². The van der Waals surface area contributed by atoms with Crippen molar-refractivity contribution in [3.63, 3.8) is 0 Å². The van der Waals surface area contributed by atoms with E-state index in [-0.39, 0.29) is 12.5 Å². The van der Waals surface area contributed by atoms with Crippen molar-refractivity contribution in [1.82, 2.24) is 15.5 Å². The van der Waals surface area contributed by atoms with Crippen LogP contribution in [0.25, 0.3) is 0 Å². The van der Waals surface area contributed by atoms with Gasteiger partial charge in [0, 0.05) is 29.7 Å². The van der Waals surface area contributed by atoms with Crippen LogP contribution in [0, 0.1) is 0 Å². The van der Waals surface area contributed by atoms with Crippen LogP contribution in [0.2, 0.25) is 5.02 Å². The lowest BCUT2D eigenvalue weighted by atomic mass is 10.2. The maximum atomic E-state index is 11.9. The van der Waals surface area contributed by atoms with Gasteiger partial charge in [-0.05, 0) is 37.7 Å². The molecule has 1 aromatic rings. The molecule has 0 aromatic heterocycles. The summed E-state index contributed by atoms with van der Waals surface area (Å²) >= 11 is 5.75. The van der Waals surface area contributed by atoms with Crippen LogP contribution in [-0.4, -0.2) is 49.4 Å². The number of likely N-dealkylation sites (tertiary alicyclic amines) is 1. The Morgan fingerprint density at radius 2 is 2.05 bits per heavy atom. The van der Waals surface area contributed by atoms with Gasteiger partial charge in [0.15, 0.2) is 0 Å². The quantitative estimate of drug-likeness (QED) is 0.866. The zero-order valence-corrected chi connectivity index (χ0v) is 12.1. The second-order valence-corrected chi connectivity index (χ2v) is 5.33. The Morgan fingerprint density at radius 1 is 1.35 bits per heavy atom. The molecule has 1 saturated heterocycles. The van der Waals surface area contributed by atoms with E-state index in [1.54, 1.807) is 24.3 Å². The fourth-order valence-corrected chi connectivity index (χ4v) is 2.38. The number of halogens is 1. The number of carbonyl (C=O) groups excluding carboxylic acids is 2. The van der Waals surface area contributed by atoms with Crippen molar-refractivity contribution in [3.05, 3.63) is 34.9 Å². The van der Waals surface area contributed by atoms with Crippen LogP contribution in [-0.2, 0) is 4.79 Å². The summed E-state index contributed by atoms with van der Waals surface area (Å²) < 4.78 is 0. The topological polar surface area (TPSA) is 61.4 Å². The summed E-state index contributed by atoms with van der Waals surface area (Å²) in [7, 11) is 1.91. The zero-order valence-electron chi connectivity index (χ0n) is 11.4. The third-order valence-electron chi connectivity index (χ3n) is 3.41. The first-order valence-corrected chi connectivity index (χ1v) is 6.95. The highest BCUT2D eigenvalue weighted by molar-refractivity contribution is 6.30. The summed E-state index contributed by atoms with van der Waals surface area (Å²) in [6.45, 7) is 1.95. The molecule has 0 spiro atoms. The molecule has 20 heavy (non-hydrogen) atoms. The summed E-state index contributed by atoms with van der Waals surface area (Å²) in [6.07, 6.45) is 1.02. The highest BCUT2D eigenvalue weighted by Gasteiger charge is 2.23. The molecular formula is C14H18ClN3O2. The van der Waals surface area contributed by atoms with Crippen LogP contribution in [0.4, 0.5) is 0 Å². The molecule has 1 heterocycles.